The van der Waals surface area contributed by atoms with Gasteiger partial charge in [-0.05, 0) is 42.0 Å². The van der Waals surface area contributed by atoms with E-state index >= 15 is 0 Å². The lowest BCUT2D eigenvalue weighted by Gasteiger charge is -2.25. The van der Waals surface area contributed by atoms with Gasteiger partial charge in [-0.2, -0.15) is 16.9 Å². The van der Waals surface area contributed by atoms with Crippen molar-refractivity contribution in [2.45, 2.75) is 12.6 Å². The van der Waals surface area contributed by atoms with Crippen molar-refractivity contribution < 1.29 is 19.2 Å². The van der Waals surface area contributed by atoms with Crippen LogP contribution in [0.1, 0.15) is 21.5 Å². The van der Waals surface area contributed by atoms with Crippen LogP contribution in [-0.4, -0.2) is 56.0 Å². The number of amides is 1. The normalized spacial score (nSPS) is 17.8. The number of nitrogens with zero attached hydrogens (tertiary/aromatic N) is 1. The minimum absolute atomic E-state index is 0.214. The van der Waals surface area contributed by atoms with Crippen molar-refractivity contribution in [2.75, 3.05) is 37.8 Å². The molecule has 0 radical (unpaired) electrons. The van der Waals surface area contributed by atoms with Gasteiger partial charge in [0.05, 0.1) is 19.4 Å². The van der Waals surface area contributed by atoms with Gasteiger partial charge in [0.15, 0.2) is 0 Å². The second kappa shape index (κ2) is 9.91. The van der Waals surface area contributed by atoms with Crippen molar-refractivity contribution in [1.82, 2.24) is 5.43 Å². The smallest absolute Gasteiger partial charge is 0.271 e. The van der Waals surface area contributed by atoms with Gasteiger partial charge in [0.1, 0.15) is 31.5 Å². The molecule has 0 aromatic heterocycles. The van der Waals surface area contributed by atoms with E-state index in [1.165, 1.54) is 10.5 Å². The molecule has 0 spiro atoms. The average molecular weight is 413 g/mol. The van der Waals surface area contributed by atoms with E-state index in [1.54, 1.807) is 6.21 Å². The largest absolute Gasteiger partial charge is 0.489 e. The number of quaternary nitrogens is 1. The van der Waals surface area contributed by atoms with E-state index in [1.807, 2.05) is 60.3 Å². The zero-order valence-electron chi connectivity index (χ0n) is 16.3. The molecule has 0 bridgehead atoms. The van der Waals surface area contributed by atoms with Crippen LogP contribution in [0.5, 0.6) is 5.75 Å². The molecule has 2 aliphatic rings. The molecule has 152 valence electrons. The number of thioether (sulfide) groups is 1. The fourth-order valence-electron chi connectivity index (χ4n) is 3.24. The summed E-state index contributed by atoms with van der Waals surface area (Å²) in [5.74, 6) is 2.78. The lowest BCUT2D eigenvalue weighted by atomic mass is 10.1. The molecule has 2 aromatic rings. The van der Waals surface area contributed by atoms with Crippen molar-refractivity contribution in [3.63, 3.8) is 0 Å². The number of hydrogen-bond acceptors (Lipinski definition) is 5. The number of nitrogens with one attached hydrogen (secondary N) is 2. The molecule has 0 atom stereocenters. The summed E-state index contributed by atoms with van der Waals surface area (Å²) in [6.45, 7) is 4.67. The van der Waals surface area contributed by atoms with Gasteiger partial charge in [0.25, 0.3) is 5.91 Å². The Labute approximate surface area is 175 Å². The minimum atomic E-state index is -0.214. The van der Waals surface area contributed by atoms with Crippen LogP contribution in [0.15, 0.2) is 53.6 Å². The zero-order valence-corrected chi connectivity index (χ0v) is 17.1. The zero-order chi connectivity index (χ0) is 19.9. The Bertz CT molecular complexity index is 829. The Kier molecular flexibility index (Phi) is 6.82. The third-order valence-corrected chi connectivity index (χ3v) is 6.26. The highest BCUT2D eigenvalue weighted by atomic mass is 32.2. The van der Waals surface area contributed by atoms with Gasteiger partial charge in [-0.1, -0.05) is 12.1 Å². The van der Waals surface area contributed by atoms with Crippen molar-refractivity contribution in [2.24, 2.45) is 5.10 Å². The Morgan fingerprint density at radius 2 is 1.86 bits per heavy atom. The summed E-state index contributed by atoms with van der Waals surface area (Å²) in [6, 6.07) is 15.5. The molecule has 2 fully saturated rings. The molecule has 1 amide bonds. The summed E-state index contributed by atoms with van der Waals surface area (Å²) in [5, 5.41) is 4.07. The fraction of sp³-hybridized carbons (Fsp3) is 0.364. The van der Waals surface area contributed by atoms with Gasteiger partial charge in [-0.25, -0.2) is 5.43 Å². The first kappa shape index (κ1) is 19.9. The molecule has 2 heterocycles. The standard InChI is InChI=1S/C22H25N3O3S/c26-22(19-5-1-18(2-6-19)14-25-9-11-27-12-10-25)24-23-13-17-3-7-20(8-4-17)28-21-15-29-16-21/h1-8,13,21H,9-12,14-16H2,(H,24,26)/p+1. The number of carbonyl (C=O) groups excluding carboxylic acids is 1. The first-order valence-electron chi connectivity index (χ1n) is 9.94. The van der Waals surface area contributed by atoms with E-state index in [0.717, 1.165) is 55.7 Å². The van der Waals surface area contributed by atoms with E-state index in [-0.39, 0.29) is 5.91 Å². The number of benzene rings is 2. The van der Waals surface area contributed by atoms with Crippen molar-refractivity contribution >= 4 is 23.9 Å². The number of carbonyl (C=O) groups is 1. The van der Waals surface area contributed by atoms with E-state index in [9.17, 15) is 4.79 Å². The summed E-state index contributed by atoms with van der Waals surface area (Å²) in [7, 11) is 0. The molecule has 2 N–H and O–H groups in total. The van der Waals surface area contributed by atoms with Crippen LogP contribution in [0.25, 0.3) is 0 Å². The highest BCUT2D eigenvalue weighted by molar-refractivity contribution is 8.00. The van der Waals surface area contributed by atoms with E-state index in [4.69, 9.17) is 9.47 Å². The Morgan fingerprint density at radius 3 is 2.52 bits per heavy atom. The lowest BCUT2D eigenvalue weighted by molar-refractivity contribution is -0.921. The molecule has 0 aliphatic carbocycles. The molecule has 29 heavy (non-hydrogen) atoms. The van der Waals surface area contributed by atoms with Crippen LogP contribution in [0.2, 0.25) is 0 Å². The highest BCUT2D eigenvalue weighted by Crippen LogP contribution is 2.23. The second-order valence-electron chi connectivity index (χ2n) is 7.28. The number of rotatable bonds is 7. The summed E-state index contributed by atoms with van der Waals surface area (Å²) >= 11 is 1.90. The van der Waals surface area contributed by atoms with Crippen LogP contribution in [0.4, 0.5) is 0 Å². The Hall–Kier alpha value is -2.35. The monoisotopic (exact) mass is 412 g/mol. The Balaban J connectivity index is 1.25. The van der Waals surface area contributed by atoms with Gasteiger partial charge in [0.2, 0.25) is 0 Å². The number of morpholine rings is 1. The summed E-state index contributed by atoms with van der Waals surface area (Å²) in [6.07, 6.45) is 1.97. The average Bonchev–Trinajstić information content (AvgIpc) is 2.73. The van der Waals surface area contributed by atoms with Gasteiger partial charge in [-0.3, -0.25) is 4.79 Å². The molecular weight excluding hydrogens is 386 g/mol. The maximum Gasteiger partial charge on any atom is 0.271 e. The van der Waals surface area contributed by atoms with Crippen LogP contribution in [-0.2, 0) is 11.3 Å². The SMILES string of the molecule is O=C(NN=Cc1ccc(OC2CSC2)cc1)c1ccc(C[NH+]2CCOCC2)cc1. The molecule has 2 saturated heterocycles. The molecule has 2 aromatic carbocycles. The molecule has 0 saturated carbocycles. The predicted molar refractivity (Wildman–Crippen MR) is 115 cm³/mol. The van der Waals surface area contributed by atoms with Gasteiger partial charge < -0.3 is 14.4 Å². The van der Waals surface area contributed by atoms with Crippen LogP contribution in [0, 0.1) is 0 Å². The molecule has 7 heteroatoms. The summed E-state index contributed by atoms with van der Waals surface area (Å²) in [4.78, 5) is 13.8. The number of ether oxygens (including phenoxy) is 2. The van der Waals surface area contributed by atoms with Crippen molar-refractivity contribution in [1.29, 1.82) is 0 Å². The molecular formula is C22H26N3O3S+. The number of hydrazone groups is 1. The second-order valence-corrected chi connectivity index (χ2v) is 8.36. The first-order chi connectivity index (χ1) is 14.3. The summed E-state index contributed by atoms with van der Waals surface area (Å²) in [5.41, 5.74) is 5.32. The van der Waals surface area contributed by atoms with Gasteiger partial charge in [0, 0.05) is 22.6 Å². The maximum atomic E-state index is 12.3. The molecule has 6 nitrogen and oxygen atoms in total. The first-order valence-corrected chi connectivity index (χ1v) is 11.1. The third-order valence-electron chi connectivity index (χ3n) is 5.04. The minimum Gasteiger partial charge on any atom is -0.489 e. The van der Waals surface area contributed by atoms with Crippen molar-refractivity contribution in [3.8, 4) is 5.75 Å². The van der Waals surface area contributed by atoms with Crippen LogP contribution >= 0.6 is 11.8 Å². The van der Waals surface area contributed by atoms with E-state index in [0.29, 0.717) is 11.7 Å². The topological polar surface area (TPSA) is 64.4 Å². The van der Waals surface area contributed by atoms with Gasteiger partial charge >= 0.3 is 0 Å². The van der Waals surface area contributed by atoms with Crippen molar-refractivity contribution in [3.05, 3.63) is 65.2 Å². The van der Waals surface area contributed by atoms with Gasteiger partial charge in [-0.15, -0.1) is 0 Å². The molecule has 2 aliphatic heterocycles. The summed E-state index contributed by atoms with van der Waals surface area (Å²) < 4.78 is 11.2. The quantitative estimate of drug-likeness (QED) is 0.533. The molecule has 4 rings (SSSR count). The molecule has 0 unspecified atom stereocenters. The predicted octanol–water partition coefficient (Wildman–Crippen LogP) is 1.36. The van der Waals surface area contributed by atoms with Crippen LogP contribution < -0.4 is 15.1 Å². The fourth-order valence-corrected chi connectivity index (χ4v) is 3.80. The van der Waals surface area contributed by atoms with E-state index in [2.05, 4.69) is 10.5 Å². The van der Waals surface area contributed by atoms with E-state index < -0.39 is 0 Å². The highest BCUT2D eigenvalue weighted by Gasteiger charge is 2.19. The lowest BCUT2D eigenvalue weighted by Crippen LogP contribution is -3.12. The Morgan fingerprint density at radius 1 is 1.14 bits per heavy atom. The maximum absolute atomic E-state index is 12.3. The number of hydrogen-bond donors (Lipinski definition) is 2. The third kappa shape index (κ3) is 5.82. The van der Waals surface area contributed by atoms with Crippen LogP contribution in [0.3, 0.4) is 0 Å².